The number of hydrogen-bond donors (Lipinski definition) is 1. The number of nitriles is 1. The van der Waals surface area contributed by atoms with Gasteiger partial charge in [0.05, 0.1) is 11.5 Å². The van der Waals surface area contributed by atoms with E-state index in [9.17, 15) is 14.9 Å². The Balaban J connectivity index is 2.11. The summed E-state index contributed by atoms with van der Waals surface area (Å²) in [6, 6.07) is 3.01. The largest absolute Gasteiger partial charge is 0.355 e. The van der Waals surface area contributed by atoms with Crippen LogP contribution in [-0.2, 0) is 4.79 Å². The number of nitrogens with one attached hydrogen (secondary N) is 1. The van der Waals surface area contributed by atoms with E-state index in [-0.39, 0.29) is 23.8 Å². The van der Waals surface area contributed by atoms with Crippen molar-refractivity contribution in [1.29, 1.82) is 5.26 Å². The molecule has 0 atom stereocenters. The molecule has 8 heteroatoms. The van der Waals surface area contributed by atoms with E-state index in [4.69, 9.17) is 5.26 Å². The Kier molecular flexibility index (Phi) is 4.10. The molecule has 1 aliphatic heterocycles. The number of carbonyl (C=O) groups excluding carboxylic acids is 1. The quantitative estimate of drug-likeness (QED) is 0.645. The Morgan fingerprint density at radius 1 is 1.55 bits per heavy atom. The summed E-state index contributed by atoms with van der Waals surface area (Å²) >= 11 is 0. The number of rotatable bonds is 4. The van der Waals surface area contributed by atoms with Crippen LogP contribution >= 0.6 is 0 Å². The number of hydrogen-bond acceptors (Lipinski definition) is 6. The molecule has 1 aromatic rings. The number of carbonyl (C=O) groups is 1. The molecule has 0 aromatic carbocycles. The zero-order chi connectivity index (χ0) is 14.5. The molecule has 0 spiro atoms. The maximum atomic E-state index is 11.9. The molecule has 104 valence electrons. The van der Waals surface area contributed by atoms with E-state index >= 15 is 0 Å². The van der Waals surface area contributed by atoms with Gasteiger partial charge in [-0.1, -0.05) is 0 Å². The predicted molar refractivity (Wildman–Crippen MR) is 69.9 cm³/mol. The summed E-state index contributed by atoms with van der Waals surface area (Å²) in [7, 11) is 0. The van der Waals surface area contributed by atoms with Gasteiger partial charge in [0.25, 0.3) is 0 Å². The zero-order valence-corrected chi connectivity index (χ0v) is 10.7. The van der Waals surface area contributed by atoms with Crippen molar-refractivity contribution in [3.05, 3.63) is 27.9 Å². The molecule has 1 aliphatic rings. The van der Waals surface area contributed by atoms with Crippen molar-refractivity contribution in [3.8, 4) is 6.07 Å². The fourth-order valence-corrected chi connectivity index (χ4v) is 2.10. The van der Waals surface area contributed by atoms with Crippen molar-refractivity contribution in [3.63, 3.8) is 0 Å². The van der Waals surface area contributed by atoms with Crippen LogP contribution in [0.15, 0.2) is 12.3 Å². The van der Waals surface area contributed by atoms with Crippen LogP contribution in [0.5, 0.6) is 0 Å². The minimum Gasteiger partial charge on any atom is -0.355 e. The summed E-state index contributed by atoms with van der Waals surface area (Å²) in [5.41, 5.74) is -0.481. The highest BCUT2D eigenvalue weighted by molar-refractivity contribution is 5.81. The molecule has 2 heterocycles. The van der Waals surface area contributed by atoms with E-state index in [0.717, 1.165) is 12.8 Å². The molecule has 0 aliphatic carbocycles. The van der Waals surface area contributed by atoms with E-state index in [2.05, 4.69) is 10.3 Å². The van der Waals surface area contributed by atoms with Crippen LogP contribution in [0.25, 0.3) is 0 Å². The van der Waals surface area contributed by atoms with Crippen LogP contribution in [0.4, 0.5) is 11.5 Å². The molecule has 2 rings (SSSR count). The molecule has 1 saturated heterocycles. The first-order chi connectivity index (χ1) is 9.63. The molecule has 0 saturated carbocycles. The lowest BCUT2D eigenvalue weighted by Crippen LogP contribution is -2.33. The molecular weight excluding hydrogens is 262 g/mol. The van der Waals surface area contributed by atoms with E-state index in [0.29, 0.717) is 13.1 Å². The summed E-state index contributed by atoms with van der Waals surface area (Å²) in [5, 5.41) is 22.5. The highest BCUT2D eigenvalue weighted by Crippen LogP contribution is 2.25. The standard InChI is InChI=1S/C12H13N5O3/c13-7-9-3-4-14-12(11(9)17(19)20)15-8-10(18)16-5-1-2-6-16/h3-4H,1-2,5-6,8H2,(H,14,15). The third-order valence-electron chi connectivity index (χ3n) is 3.09. The molecule has 8 nitrogen and oxygen atoms in total. The number of likely N-dealkylation sites (tertiary alicyclic amines) is 1. The summed E-state index contributed by atoms with van der Waals surface area (Å²) in [6.45, 7) is 1.37. The molecule has 1 fully saturated rings. The van der Waals surface area contributed by atoms with Gasteiger partial charge in [0, 0.05) is 19.3 Å². The molecule has 0 unspecified atom stereocenters. The maximum absolute atomic E-state index is 11.9. The van der Waals surface area contributed by atoms with E-state index in [1.807, 2.05) is 0 Å². The van der Waals surface area contributed by atoms with Crippen LogP contribution in [0.3, 0.4) is 0 Å². The van der Waals surface area contributed by atoms with Crippen molar-refractivity contribution in [2.45, 2.75) is 12.8 Å². The summed E-state index contributed by atoms with van der Waals surface area (Å²) in [5.74, 6) is -0.178. The van der Waals surface area contributed by atoms with Crippen molar-refractivity contribution >= 4 is 17.4 Å². The number of anilines is 1. The first kappa shape index (κ1) is 13.7. The Labute approximate surface area is 115 Å². The Hall–Kier alpha value is -2.69. The maximum Gasteiger partial charge on any atom is 0.328 e. The van der Waals surface area contributed by atoms with Gasteiger partial charge in [-0.25, -0.2) is 4.98 Å². The smallest absolute Gasteiger partial charge is 0.328 e. The average molecular weight is 275 g/mol. The van der Waals surface area contributed by atoms with Gasteiger partial charge in [-0.15, -0.1) is 0 Å². The molecule has 1 amide bonds. The summed E-state index contributed by atoms with van der Waals surface area (Å²) < 4.78 is 0. The van der Waals surface area contributed by atoms with Crippen LogP contribution in [0, 0.1) is 21.4 Å². The first-order valence-corrected chi connectivity index (χ1v) is 6.18. The molecule has 1 aromatic heterocycles. The van der Waals surface area contributed by atoms with Gasteiger partial charge in [-0.05, 0) is 18.9 Å². The first-order valence-electron chi connectivity index (χ1n) is 6.18. The van der Waals surface area contributed by atoms with Gasteiger partial charge in [-0.3, -0.25) is 14.9 Å². The van der Waals surface area contributed by atoms with Crippen molar-refractivity contribution in [2.75, 3.05) is 25.0 Å². The number of aromatic nitrogens is 1. The number of nitro groups is 1. The third kappa shape index (κ3) is 2.83. The average Bonchev–Trinajstić information content (AvgIpc) is 2.98. The van der Waals surface area contributed by atoms with Gasteiger partial charge in [-0.2, -0.15) is 5.26 Å². The second-order valence-electron chi connectivity index (χ2n) is 4.37. The van der Waals surface area contributed by atoms with Gasteiger partial charge >= 0.3 is 5.69 Å². The molecular formula is C12H13N5O3. The SMILES string of the molecule is N#Cc1ccnc(NCC(=O)N2CCCC2)c1[N+](=O)[O-]. The second-order valence-corrected chi connectivity index (χ2v) is 4.37. The van der Waals surface area contributed by atoms with E-state index in [1.54, 1.807) is 11.0 Å². The van der Waals surface area contributed by atoms with E-state index < -0.39 is 10.6 Å². The Morgan fingerprint density at radius 3 is 2.85 bits per heavy atom. The van der Waals surface area contributed by atoms with Gasteiger partial charge in [0.2, 0.25) is 11.7 Å². The highest BCUT2D eigenvalue weighted by atomic mass is 16.6. The monoisotopic (exact) mass is 275 g/mol. The van der Waals surface area contributed by atoms with Crippen molar-refractivity contribution in [2.24, 2.45) is 0 Å². The van der Waals surface area contributed by atoms with Crippen LogP contribution in [0.1, 0.15) is 18.4 Å². The molecule has 20 heavy (non-hydrogen) atoms. The minimum atomic E-state index is -0.672. The van der Waals surface area contributed by atoms with Crippen molar-refractivity contribution in [1.82, 2.24) is 9.88 Å². The normalized spacial score (nSPS) is 13.8. The third-order valence-corrected chi connectivity index (χ3v) is 3.09. The summed E-state index contributed by atoms with van der Waals surface area (Å²) in [6.07, 6.45) is 3.26. The van der Waals surface area contributed by atoms with Crippen LogP contribution in [0.2, 0.25) is 0 Å². The Morgan fingerprint density at radius 2 is 2.25 bits per heavy atom. The topological polar surface area (TPSA) is 112 Å². The van der Waals surface area contributed by atoms with Gasteiger partial charge in [0.1, 0.15) is 11.6 Å². The molecule has 0 bridgehead atoms. The van der Waals surface area contributed by atoms with Gasteiger partial charge in [0.15, 0.2) is 0 Å². The number of pyridine rings is 1. The highest BCUT2D eigenvalue weighted by Gasteiger charge is 2.23. The lowest BCUT2D eigenvalue weighted by molar-refractivity contribution is -0.384. The van der Waals surface area contributed by atoms with Gasteiger partial charge < -0.3 is 10.2 Å². The second kappa shape index (κ2) is 5.97. The van der Waals surface area contributed by atoms with Crippen LogP contribution in [-0.4, -0.2) is 40.3 Å². The lowest BCUT2D eigenvalue weighted by atomic mass is 10.2. The van der Waals surface area contributed by atoms with Crippen LogP contribution < -0.4 is 5.32 Å². The number of amides is 1. The van der Waals surface area contributed by atoms with E-state index in [1.165, 1.54) is 12.3 Å². The zero-order valence-electron chi connectivity index (χ0n) is 10.7. The predicted octanol–water partition coefficient (Wildman–Crippen LogP) is 0.896. The lowest BCUT2D eigenvalue weighted by Gasteiger charge is -2.15. The molecule has 1 N–H and O–H groups in total. The fourth-order valence-electron chi connectivity index (χ4n) is 2.10. The number of nitrogens with zero attached hydrogens (tertiary/aromatic N) is 4. The fraction of sp³-hybridized carbons (Fsp3) is 0.417. The molecule has 0 radical (unpaired) electrons. The van der Waals surface area contributed by atoms with Crippen molar-refractivity contribution < 1.29 is 9.72 Å². The summed E-state index contributed by atoms with van der Waals surface area (Å²) in [4.78, 5) is 27.7. The minimum absolute atomic E-state index is 0.0541. The Bertz CT molecular complexity index is 575.